The first-order chi connectivity index (χ1) is 8.20. The molecule has 0 unspecified atom stereocenters. The lowest BCUT2D eigenvalue weighted by Gasteiger charge is -2.20. The van der Waals surface area contributed by atoms with Crippen molar-refractivity contribution >= 4 is 21.4 Å². The highest BCUT2D eigenvalue weighted by Crippen LogP contribution is 2.49. The van der Waals surface area contributed by atoms with Crippen LogP contribution in [0.2, 0.25) is 0 Å². The fourth-order valence-electron chi connectivity index (χ4n) is 1.47. The molecule has 2 N–H and O–H groups in total. The number of hydrogen-bond acceptors (Lipinski definition) is 4. The quantitative estimate of drug-likeness (QED) is 0.888. The largest absolute Gasteiger partial charge is 0.407 e. The first-order valence-corrected chi connectivity index (χ1v) is 7.35. The van der Waals surface area contributed by atoms with Gasteiger partial charge in [-0.2, -0.15) is 17.9 Å². The molecule has 9 heteroatoms. The summed E-state index contributed by atoms with van der Waals surface area (Å²) in [6, 6.07) is 1.17. The minimum Gasteiger partial charge on any atom is -0.391 e. The van der Waals surface area contributed by atoms with Gasteiger partial charge in [-0.15, -0.1) is 11.3 Å². The summed E-state index contributed by atoms with van der Waals surface area (Å²) in [5, 5.41) is 10.0. The molecule has 0 bridgehead atoms. The summed E-state index contributed by atoms with van der Waals surface area (Å²) in [4.78, 5) is 0.138. The molecular weight excluding hydrogens is 291 g/mol. The van der Waals surface area contributed by atoms with Crippen LogP contribution in [0.25, 0.3) is 0 Å². The Morgan fingerprint density at radius 1 is 1.44 bits per heavy atom. The molecule has 1 aromatic rings. The summed E-state index contributed by atoms with van der Waals surface area (Å²) in [7, 11) is -4.20. The third-order valence-corrected chi connectivity index (χ3v) is 5.30. The van der Waals surface area contributed by atoms with E-state index in [2.05, 4.69) is 0 Å². The number of halogens is 3. The molecule has 0 amide bonds. The maximum Gasteiger partial charge on any atom is 0.407 e. The Morgan fingerprint density at radius 3 is 2.44 bits per heavy atom. The highest BCUT2D eigenvalue weighted by Gasteiger charge is 2.65. The highest BCUT2D eigenvalue weighted by molar-refractivity contribution is 7.89. The van der Waals surface area contributed by atoms with Crippen molar-refractivity contribution in [2.24, 2.45) is 0 Å². The van der Waals surface area contributed by atoms with Crippen molar-refractivity contribution in [1.29, 1.82) is 0 Å². The molecule has 0 spiro atoms. The van der Waals surface area contributed by atoms with Gasteiger partial charge in [-0.05, 0) is 18.9 Å². The summed E-state index contributed by atoms with van der Waals surface area (Å²) < 4.78 is 63.2. The maximum atomic E-state index is 12.6. The first-order valence-electron chi connectivity index (χ1n) is 4.99. The Morgan fingerprint density at radius 2 is 2.06 bits per heavy atom. The zero-order chi connectivity index (χ0) is 13.6. The fraction of sp³-hybridized carbons (Fsp3) is 0.556. The molecule has 2 rings (SSSR count). The van der Waals surface area contributed by atoms with E-state index in [1.165, 1.54) is 11.4 Å². The van der Waals surface area contributed by atoms with E-state index in [1.807, 2.05) is 0 Å². The van der Waals surface area contributed by atoms with Crippen molar-refractivity contribution in [3.05, 3.63) is 16.3 Å². The molecule has 0 atom stereocenters. The highest BCUT2D eigenvalue weighted by atomic mass is 32.2. The number of sulfonamides is 1. The van der Waals surface area contributed by atoms with E-state index in [0.29, 0.717) is 4.88 Å². The average Bonchev–Trinajstić information content (AvgIpc) is 2.86. The minimum atomic E-state index is -4.59. The molecule has 0 radical (unpaired) electrons. The Bertz CT molecular complexity index is 546. The van der Waals surface area contributed by atoms with Gasteiger partial charge < -0.3 is 5.11 Å². The molecule has 0 saturated heterocycles. The molecule has 1 fully saturated rings. The Kier molecular flexibility index (Phi) is 3.21. The normalized spacial score (nSPS) is 18.9. The van der Waals surface area contributed by atoms with Gasteiger partial charge in [0.2, 0.25) is 10.0 Å². The van der Waals surface area contributed by atoms with E-state index in [0.717, 1.165) is 11.3 Å². The van der Waals surface area contributed by atoms with Crippen LogP contribution in [0.5, 0.6) is 0 Å². The van der Waals surface area contributed by atoms with E-state index in [4.69, 9.17) is 5.11 Å². The average molecular weight is 301 g/mol. The second kappa shape index (κ2) is 4.19. The molecule has 1 aromatic heterocycles. The number of alkyl halides is 3. The standard InChI is InChI=1S/C9H10F3NO3S2/c10-9(11,12)8(1-2-8)13-18(15,16)7-3-6(4-14)17-5-7/h3,5,13-14H,1-2,4H2. The van der Waals surface area contributed by atoms with Crippen LogP contribution in [0.15, 0.2) is 16.3 Å². The summed E-state index contributed by atoms with van der Waals surface area (Å²) in [5.74, 6) is 0. The van der Waals surface area contributed by atoms with Gasteiger partial charge in [-0.3, -0.25) is 0 Å². The van der Waals surface area contributed by atoms with Gasteiger partial charge in [0.1, 0.15) is 5.54 Å². The van der Waals surface area contributed by atoms with Crippen LogP contribution in [0.4, 0.5) is 13.2 Å². The molecule has 1 aliphatic rings. The number of thiophene rings is 1. The number of rotatable bonds is 4. The van der Waals surface area contributed by atoms with Crippen molar-refractivity contribution < 1.29 is 26.7 Å². The van der Waals surface area contributed by atoms with Crippen LogP contribution >= 0.6 is 11.3 Å². The smallest absolute Gasteiger partial charge is 0.391 e. The van der Waals surface area contributed by atoms with Crippen molar-refractivity contribution in [1.82, 2.24) is 4.72 Å². The number of aliphatic hydroxyl groups excluding tert-OH is 1. The number of aliphatic hydroxyl groups is 1. The molecule has 0 aliphatic heterocycles. The third-order valence-electron chi connectivity index (χ3n) is 2.72. The van der Waals surface area contributed by atoms with Crippen molar-refractivity contribution in [3.63, 3.8) is 0 Å². The monoisotopic (exact) mass is 301 g/mol. The molecule has 1 heterocycles. The fourth-order valence-corrected chi connectivity index (χ4v) is 4.05. The molecular formula is C9H10F3NO3S2. The summed E-state index contributed by atoms with van der Waals surface area (Å²) in [5.41, 5.74) is -2.31. The van der Waals surface area contributed by atoms with E-state index < -0.39 is 21.7 Å². The van der Waals surface area contributed by atoms with Gasteiger partial charge in [-0.1, -0.05) is 0 Å². The molecule has 102 valence electrons. The second-order valence-electron chi connectivity index (χ2n) is 4.09. The van der Waals surface area contributed by atoms with E-state index >= 15 is 0 Å². The summed E-state index contributed by atoms with van der Waals surface area (Å²) in [6.45, 7) is -0.343. The van der Waals surface area contributed by atoms with Crippen molar-refractivity contribution in [2.75, 3.05) is 0 Å². The van der Waals surface area contributed by atoms with E-state index in [-0.39, 0.29) is 24.3 Å². The molecule has 4 nitrogen and oxygen atoms in total. The molecule has 1 saturated carbocycles. The van der Waals surface area contributed by atoms with Gasteiger partial charge in [0, 0.05) is 10.3 Å². The zero-order valence-corrected chi connectivity index (χ0v) is 10.6. The van der Waals surface area contributed by atoms with Gasteiger partial charge in [-0.25, -0.2) is 8.42 Å². The molecule has 18 heavy (non-hydrogen) atoms. The van der Waals surface area contributed by atoms with Crippen molar-refractivity contribution in [3.8, 4) is 0 Å². The van der Waals surface area contributed by atoms with Gasteiger partial charge in [0.05, 0.1) is 11.5 Å². The van der Waals surface area contributed by atoms with Crippen LogP contribution in [0, 0.1) is 0 Å². The summed E-state index contributed by atoms with van der Waals surface area (Å²) in [6.07, 6.45) is -5.07. The predicted octanol–water partition coefficient (Wildman–Crippen LogP) is 1.61. The Balaban J connectivity index is 2.23. The van der Waals surface area contributed by atoms with Crippen LogP contribution in [-0.2, 0) is 16.6 Å². The van der Waals surface area contributed by atoms with Crippen LogP contribution in [-0.4, -0.2) is 25.2 Å². The topological polar surface area (TPSA) is 66.4 Å². The third kappa shape index (κ3) is 2.40. The van der Waals surface area contributed by atoms with E-state index in [1.54, 1.807) is 4.72 Å². The lowest BCUT2D eigenvalue weighted by Crippen LogP contribution is -2.47. The number of nitrogens with one attached hydrogen (secondary N) is 1. The van der Waals surface area contributed by atoms with E-state index in [9.17, 15) is 21.6 Å². The van der Waals surface area contributed by atoms with Crippen LogP contribution in [0.3, 0.4) is 0 Å². The SMILES string of the molecule is O=S(=O)(NC1(C(F)(F)F)CC1)c1csc(CO)c1. The summed E-state index contributed by atoms with van der Waals surface area (Å²) >= 11 is 0.980. The second-order valence-corrected chi connectivity index (χ2v) is 6.77. The predicted molar refractivity (Wildman–Crippen MR) is 58.6 cm³/mol. The lowest BCUT2D eigenvalue weighted by atomic mass is 10.3. The van der Waals surface area contributed by atoms with Gasteiger partial charge in [0.25, 0.3) is 0 Å². The van der Waals surface area contributed by atoms with Gasteiger partial charge >= 0.3 is 6.18 Å². The van der Waals surface area contributed by atoms with Crippen LogP contribution in [0.1, 0.15) is 17.7 Å². The first kappa shape index (κ1) is 13.8. The maximum absolute atomic E-state index is 12.6. The van der Waals surface area contributed by atoms with Gasteiger partial charge in [0.15, 0.2) is 0 Å². The zero-order valence-electron chi connectivity index (χ0n) is 8.99. The number of hydrogen-bond donors (Lipinski definition) is 2. The lowest BCUT2D eigenvalue weighted by molar-refractivity contribution is -0.160. The Hall–Kier alpha value is -0.640. The van der Waals surface area contributed by atoms with Crippen molar-refractivity contribution in [2.45, 2.75) is 36.1 Å². The minimum absolute atomic E-state index is 0.243. The Labute approximate surface area is 105 Å². The molecule has 0 aromatic carbocycles. The molecule has 1 aliphatic carbocycles. The van der Waals surface area contributed by atoms with Crippen LogP contribution < -0.4 is 4.72 Å².